The van der Waals surface area contributed by atoms with Crippen molar-refractivity contribution in [3.05, 3.63) is 29.3 Å². The quantitative estimate of drug-likeness (QED) is 0.912. The fraction of sp³-hybridized carbons (Fsp3) is 0.562. The molecule has 0 aromatic heterocycles. The second-order valence-electron chi connectivity index (χ2n) is 6.08. The van der Waals surface area contributed by atoms with E-state index in [-0.39, 0.29) is 18.1 Å². The van der Waals surface area contributed by atoms with Gasteiger partial charge >= 0.3 is 0 Å². The summed E-state index contributed by atoms with van der Waals surface area (Å²) in [6.07, 6.45) is 2.29. The molecule has 2 aliphatic heterocycles. The summed E-state index contributed by atoms with van der Waals surface area (Å²) in [5, 5.41) is 4.03. The van der Waals surface area contributed by atoms with Crippen LogP contribution in [0.4, 0.5) is 5.69 Å². The summed E-state index contributed by atoms with van der Waals surface area (Å²) in [4.78, 5) is 14.0. The molecular formula is C16H21ClN2O2. The van der Waals surface area contributed by atoms with Gasteiger partial charge in [0.25, 0.3) is 5.91 Å². The van der Waals surface area contributed by atoms with Crippen LogP contribution in [0.25, 0.3) is 0 Å². The van der Waals surface area contributed by atoms with E-state index in [1.165, 1.54) is 0 Å². The lowest BCUT2D eigenvalue weighted by Crippen LogP contribution is -2.59. The maximum atomic E-state index is 12.2. The summed E-state index contributed by atoms with van der Waals surface area (Å²) in [5.74, 6) is 0.397. The van der Waals surface area contributed by atoms with E-state index in [0.717, 1.165) is 31.6 Å². The Bertz CT molecular complexity index is 531. The number of carbonyl (C=O) groups excluding carboxylic acids is 1. The largest absolute Gasteiger partial charge is 0.363 e. The number of amides is 1. The molecule has 2 saturated heterocycles. The molecule has 1 N–H and O–H groups in total. The lowest BCUT2D eigenvalue weighted by Gasteiger charge is -2.46. The fourth-order valence-electron chi connectivity index (χ4n) is 3.26. The van der Waals surface area contributed by atoms with Gasteiger partial charge in [-0.15, -0.1) is 0 Å². The smallest absolute Gasteiger partial charge is 0.253 e. The Morgan fingerprint density at radius 2 is 2.24 bits per heavy atom. The first-order chi connectivity index (χ1) is 10.1. The third kappa shape index (κ3) is 2.93. The molecule has 2 aliphatic rings. The molecule has 5 heteroatoms. The van der Waals surface area contributed by atoms with Crippen molar-refractivity contribution in [1.82, 2.24) is 5.32 Å². The summed E-state index contributed by atoms with van der Waals surface area (Å²) in [7, 11) is 0. The van der Waals surface area contributed by atoms with E-state index < -0.39 is 0 Å². The zero-order valence-corrected chi connectivity index (χ0v) is 13.0. The van der Waals surface area contributed by atoms with Gasteiger partial charge in [0.15, 0.2) is 0 Å². The van der Waals surface area contributed by atoms with Crippen molar-refractivity contribution in [2.24, 2.45) is 5.92 Å². The van der Waals surface area contributed by atoms with Crippen LogP contribution in [0.5, 0.6) is 0 Å². The average molecular weight is 309 g/mol. The summed E-state index contributed by atoms with van der Waals surface area (Å²) < 4.78 is 5.93. The predicted molar refractivity (Wildman–Crippen MR) is 83.8 cm³/mol. The Labute approximate surface area is 130 Å². The summed E-state index contributed by atoms with van der Waals surface area (Å²) >= 11 is 6.25. The molecule has 0 spiro atoms. The molecule has 3 rings (SSSR count). The van der Waals surface area contributed by atoms with Crippen LogP contribution in [0.1, 0.15) is 19.8 Å². The Morgan fingerprint density at radius 1 is 1.43 bits per heavy atom. The Morgan fingerprint density at radius 3 is 2.95 bits per heavy atom. The topological polar surface area (TPSA) is 41.6 Å². The molecule has 2 heterocycles. The van der Waals surface area contributed by atoms with Crippen molar-refractivity contribution in [2.45, 2.75) is 25.4 Å². The monoisotopic (exact) mass is 308 g/mol. The standard InChI is InChI=1S/C16H21ClN2O2/c1-16(12-5-4-8-18-9-12)11-19(15(20)10-21-16)14-7-3-2-6-13(14)17/h2-3,6-7,12,18H,4-5,8-11H2,1H3. The van der Waals surface area contributed by atoms with Crippen LogP contribution in [0.15, 0.2) is 24.3 Å². The van der Waals surface area contributed by atoms with Gasteiger partial charge in [0, 0.05) is 12.5 Å². The van der Waals surface area contributed by atoms with Gasteiger partial charge in [0.2, 0.25) is 0 Å². The summed E-state index contributed by atoms with van der Waals surface area (Å²) in [6, 6.07) is 7.49. The molecule has 0 bridgehead atoms. The van der Waals surface area contributed by atoms with Gasteiger partial charge in [0.05, 0.1) is 22.9 Å². The van der Waals surface area contributed by atoms with E-state index in [1.54, 1.807) is 4.90 Å². The number of para-hydroxylation sites is 1. The minimum atomic E-state index is -0.319. The molecule has 0 aliphatic carbocycles. The first-order valence-corrected chi connectivity index (χ1v) is 7.87. The van der Waals surface area contributed by atoms with Gasteiger partial charge in [-0.3, -0.25) is 4.79 Å². The number of carbonyl (C=O) groups is 1. The number of nitrogens with one attached hydrogen (secondary N) is 1. The highest BCUT2D eigenvalue weighted by molar-refractivity contribution is 6.33. The zero-order valence-electron chi connectivity index (χ0n) is 12.3. The minimum Gasteiger partial charge on any atom is -0.363 e. The van der Waals surface area contributed by atoms with Gasteiger partial charge in [-0.1, -0.05) is 23.7 Å². The van der Waals surface area contributed by atoms with Crippen molar-refractivity contribution in [2.75, 3.05) is 31.1 Å². The van der Waals surface area contributed by atoms with E-state index in [0.29, 0.717) is 17.5 Å². The molecule has 2 unspecified atom stereocenters. The highest BCUT2D eigenvalue weighted by atomic mass is 35.5. The lowest BCUT2D eigenvalue weighted by molar-refractivity contribution is -0.144. The van der Waals surface area contributed by atoms with Crippen LogP contribution >= 0.6 is 11.6 Å². The van der Waals surface area contributed by atoms with E-state index in [1.807, 2.05) is 24.3 Å². The van der Waals surface area contributed by atoms with Gasteiger partial charge in [0.1, 0.15) is 6.61 Å². The summed E-state index contributed by atoms with van der Waals surface area (Å²) in [6.45, 7) is 4.81. The maximum Gasteiger partial charge on any atom is 0.253 e. The number of hydrogen-bond acceptors (Lipinski definition) is 3. The molecule has 2 atom stereocenters. The molecule has 1 aromatic rings. The second-order valence-corrected chi connectivity index (χ2v) is 6.48. The Hall–Kier alpha value is -1.10. The number of nitrogens with zero attached hydrogens (tertiary/aromatic N) is 1. The normalized spacial score (nSPS) is 30.5. The number of benzene rings is 1. The average Bonchev–Trinajstić information content (AvgIpc) is 2.52. The molecule has 1 amide bonds. The molecule has 21 heavy (non-hydrogen) atoms. The van der Waals surface area contributed by atoms with Crippen molar-refractivity contribution < 1.29 is 9.53 Å². The van der Waals surface area contributed by atoms with Crippen LogP contribution < -0.4 is 10.2 Å². The predicted octanol–water partition coefficient (Wildman–Crippen LogP) is 2.46. The minimum absolute atomic E-state index is 0.0238. The van der Waals surface area contributed by atoms with Crippen molar-refractivity contribution >= 4 is 23.2 Å². The first kappa shape index (κ1) is 14.8. The number of halogens is 1. The Balaban J connectivity index is 1.84. The third-order valence-corrected chi connectivity index (χ3v) is 4.92. The number of ether oxygens (including phenoxy) is 1. The molecule has 2 fully saturated rings. The number of morpholine rings is 1. The number of hydrogen-bond donors (Lipinski definition) is 1. The highest BCUT2D eigenvalue weighted by Crippen LogP contribution is 2.35. The first-order valence-electron chi connectivity index (χ1n) is 7.50. The molecule has 1 aromatic carbocycles. The van der Waals surface area contributed by atoms with Crippen LogP contribution in [0, 0.1) is 5.92 Å². The van der Waals surface area contributed by atoms with Crippen molar-refractivity contribution in [1.29, 1.82) is 0 Å². The Kier molecular flexibility index (Phi) is 4.20. The maximum absolute atomic E-state index is 12.2. The molecule has 0 saturated carbocycles. The van der Waals surface area contributed by atoms with Gasteiger partial charge in [-0.05, 0) is 38.4 Å². The molecule has 114 valence electrons. The van der Waals surface area contributed by atoms with E-state index >= 15 is 0 Å². The van der Waals surface area contributed by atoms with Crippen molar-refractivity contribution in [3.63, 3.8) is 0 Å². The van der Waals surface area contributed by atoms with Gasteiger partial charge in [-0.2, -0.15) is 0 Å². The SMILES string of the molecule is CC1(C2CCCNC2)CN(c2ccccc2Cl)C(=O)CO1. The zero-order chi connectivity index (χ0) is 14.9. The van der Waals surface area contributed by atoms with Crippen LogP contribution in [0.2, 0.25) is 5.02 Å². The molecule has 0 radical (unpaired) electrons. The van der Waals surface area contributed by atoms with Gasteiger partial charge in [-0.25, -0.2) is 0 Å². The van der Waals surface area contributed by atoms with E-state index in [4.69, 9.17) is 16.3 Å². The van der Waals surface area contributed by atoms with Crippen LogP contribution in [0.3, 0.4) is 0 Å². The lowest BCUT2D eigenvalue weighted by atomic mass is 9.82. The van der Waals surface area contributed by atoms with Crippen LogP contribution in [-0.2, 0) is 9.53 Å². The number of rotatable bonds is 2. The molecule has 4 nitrogen and oxygen atoms in total. The van der Waals surface area contributed by atoms with Crippen LogP contribution in [-0.4, -0.2) is 37.7 Å². The van der Waals surface area contributed by atoms with Crippen molar-refractivity contribution in [3.8, 4) is 0 Å². The number of anilines is 1. The van der Waals surface area contributed by atoms with E-state index in [9.17, 15) is 4.79 Å². The van der Waals surface area contributed by atoms with Gasteiger partial charge < -0.3 is 15.0 Å². The second kappa shape index (κ2) is 5.95. The molecular weight excluding hydrogens is 288 g/mol. The highest BCUT2D eigenvalue weighted by Gasteiger charge is 2.43. The fourth-order valence-corrected chi connectivity index (χ4v) is 3.50. The summed E-state index contributed by atoms with van der Waals surface area (Å²) in [5.41, 5.74) is 0.461. The number of piperidine rings is 1. The van der Waals surface area contributed by atoms with E-state index in [2.05, 4.69) is 12.2 Å². The third-order valence-electron chi connectivity index (χ3n) is 4.60.